The predicted octanol–water partition coefficient (Wildman–Crippen LogP) is 3.40. The second kappa shape index (κ2) is 13.2. The molecule has 0 aliphatic carbocycles. The minimum Gasteiger partial charge on any atom is -0.495 e. The monoisotopic (exact) mass is 509 g/mol. The maximum Gasteiger partial charge on any atom is 0.408 e. The smallest absolute Gasteiger partial charge is 0.408 e. The van der Waals surface area contributed by atoms with E-state index in [0.29, 0.717) is 16.3 Å². The van der Waals surface area contributed by atoms with Crippen LogP contribution in [0.3, 0.4) is 0 Å². The van der Waals surface area contributed by atoms with Crippen molar-refractivity contribution >= 4 is 29.5 Å². The van der Waals surface area contributed by atoms with Crippen LogP contribution >= 0.6 is 11.6 Å². The van der Waals surface area contributed by atoms with E-state index in [4.69, 9.17) is 26.8 Å². The van der Waals surface area contributed by atoms with E-state index in [-0.39, 0.29) is 19.4 Å². The lowest BCUT2D eigenvalue weighted by Gasteiger charge is -2.22. The minimum absolute atomic E-state index is 0.0501. The van der Waals surface area contributed by atoms with Gasteiger partial charge in [-0.1, -0.05) is 78.3 Å². The number of benzene rings is 3. The van der Waals surface area contributed by atoms with Gasteiger partial charge in [0, 0.05) is 12.8 Å². The first-order valence-electron chi connectivity index (χ1n) is 11.3. The highest BCUT2D eigenvalue weighted by molar-refractivity contribution is 6.32. The van der Waals surface area contributed by atoms with Crippen molar-refractivity contribution in [1.82, 2.24) is 10.6 Å². The van der Waals surface area contributed by atoms with Crippen molar-refractivity contribution in [3.8, 4) is 5.75 Å². The fourth-order valence-corrected chi connectivity index (χ4v) is 3.81. The summed E-state index contributed by atoms with van der Waals surface area (Å²) in [6, 6.07) is 21.4. The third-order valence-electron chi connectivity index (χ3n) is 5.42. The van der Waals surface area contributed by atoms with Crippen molar-refractivity contribution in [3.05, 3.63) is 101 Å². The van der Waals surface area contributed by atoms with Crippen LogP contribution in [0.15, 0.2) is 78.9 Å². The maximum absolute atomic E-state index is 13.2. The molecule has 0 spiro atoms. The first-order chi connectivity index (χ1) is 17.4. The first-order valence-corrected chi connectivity index (χ1v) is 11.7. The zero-order valence-electron chi connectivity index (χ0n) is 19.8. The van der Waals surface area contributed by atoms with Crippen LogP contribution in [0.2, 0.25) is 5.02 Å². The summed E-state index contributed by atoms with van der Waals surface area (Å²) in [5, 5.41) is 5.63. The van der Waals surface area contributed by atoms with Crippen molar-refractivity contribution in [2.45, 2.75) is 31.5 Å². The van der Waals surface area contributed by atoms with Crippen LogP contribution in [0.1, 0.15) is 16.7 Å². The summed E-state index contributed by atoms with van der Waals surface area (Å²) in [6.07, 6.45) is -0.457. The second-order valence-electron chi connectivity index (χ2n) is 8.08. The molecule has 0 heterocycles. The van der Waals surface area contributed by atoms with Crippen LogP contribution in [0, 0.1) is 0 Å². The standard InChI is InChI=1S/C27H28ClN3O5/c1-35-24-13-12-20(14-21(24)28)16-22(25(29)32)30-26(33)23(15-18-8-4-2-5-9-18)31-27(34)36-17-19-10-6-3-7-11-19/h2-14,22-23H,15-17H2,1H3,(H2,29,32)(H,30,33)(H,31,34)/t22-,23+/m1/s1. The SMILES string of the molecule is COc1ccc(C[C@@H](NC(=O)[C@H](Cc2ccccc2)NC(=O)OCc2ccccc2)C(N)=O)cc1Cl. The van der Waals surface area contributed by atoms with E-state index in [0.717, 1.165) is 11.1 Å². The number of carbonyl (C=O) groups excluding carboxylic acids is 3. The molecular weight excluding hydrogens is 482 g/mol. The third kappa shape index (κ3) is 8.02. The van der Waals surface area contributed by atoms with Crippen molar-refractivity contribution < 1.29 is 23.9 Å². The molecule has 36 heavy (non-hydrogen) atoms. The van der Waals surface area contributed by atoms with E-state index >= 15 is 0 Å². The molecule has 0 saturated carbocycles. The van der Waals surface area contributed by atoms with Crippen molar-refractivity contribution in [2.75, 3.05) is 7.11 Å². The highest BCUT2D eigenvalue weighted by Gasteiger charge is 2.27. The van der Waals surface area contributed by atoms with E-state index in [1.54, 1.807) is 18.2 Å². The normalized spacial score (nSPS) is 12.2. The Morgan fingerprint density at radius 1 is 0.833 bits per heavy atom. The minimum atomic E-state index is -1.03. The number of carbonyl (C=O) groups is 3. The average Bonchev–Trinajstić information content (AvgIpc) is 2.88. The lowest BCUT2D eigenvalue weighted by molar-refractivity contribution is -0.128. The fourth-order valence-electron chi connectivity index (χ4n) is 3.53. The van der Waals surface area contributed by atoms with Crippen LogP contribution in [-0.2, 0) is 33.8 Å². The van der Waals surface area contributed by atoms with Crippen LogP contribution in [-0.4, -0.2) is 37.1 Å². The number of rotatable bonds is 11. The molecule has 0 fully saturated rings. The number of nitrogens with one attached hydrogen (secondary N) is 2. The Balaban J connectivity index is 1.70. The molecule has 3 aromatic carbocycles. The molecule has 8 nitrogen and oxygen atoms in total. The summed E-state index contributed by atoms with van der Waals surface area (Å²) in [5.74, 6) is -0.805. The van der Waals surface area contributed by atoms with Gasteiger partial charge in [0.15, 0.2) is 0 Å². The van der Waals surface area contributed by atoms with Gasteiger partial charge in [0.1, 0.15) is 24.4 Å². The number of amides is 3. The molecule has 0 aliphatic heterocycles. The van der Waals surface area contributed by atoms with E-state index < -0.39 is 30.0 Å². The molecule has 2 atom stereocenters. The molecule has 4 N–H and O–H groups in total. The number of nitrogens with two attached hydrogens (primary N) is 1. The number of alkyl carbamates (subject to hydrolysis) is 1. The first kappa shape index (κ1) is 26.6. The summed E-state index contributed by atoms with van der Waals surface area (Å²) in [5.41, 5.74) is 7.88. The predicted molar refractivity (Wildman–Crippen MR) is 137 cm³/mol. The Kier molecular flexibility index (Phi) is 9.71. The van der Waals surface area contributed by atoms with Crippen molar-refractivity contribution in [2.24, 2.45) is 5.73 Å². The van der Waals surface area contributed by atoms with Gasteiger partial charge in [0.05, 0.1) is 12.1 Å². The highest BCUT2D eigenvalue weighted by Crippen LogP contribution is 2.25. The van der Waals surface area contributed by atoms with Crippen LogP contribution in [0.4, 0.5) is 4.79 Å². The number of ether oxygens (including phenoxy) is 2. The molecule has 9 heteroatoms. The number of halogens is 1. The maximum atomic E-state index is 13.2. The van der Waals surface area contributed by atoms with Gasteiger partial charge in [-0.05, 0) is 28.8 Å². The molecule has 0 unspecified atom stereocenters. The van der Waals surface area contributed by atoms with E-state index in [9.17, 15) is 14.4 Å². The number of hydrogen-bond acceptors (Lipinski definition) is 5. The van der Waals surface area contributed by atoms with Gasteiger partial charge in [-0.2, -0.15) is 0 Å². The van der Waals surface area contributed by atoms with Crippen LogP contribution in [0.25, 0.3) is 0 Å². The molecule has 0 saturated heterocycles. The lowest BCUT2D eigenvalue weighted by atomic mass is 10.0. The number of hydrogen-bond donors (Lipinski definition) is 3. The summed E-state index contributed by atoms with van der Waals surface area (Å²) in [7, 11) is 1.50. The molecule has 188 valence electrons. The summed E-state index contributed by atoms with van der Waals surface area (Å²) < 4.78 is 10.4. The van der Waals surface area contributed by atoms with E-state index in [1.165, 1.54) is 7.11 Å². The summed E-state index contributed by atoms with van der Waals surface area (Å²) in [4.78, 5) is 37.8. The Hall–Kier alpha value is -4.04. The van der Waals surface area contributed by atoms with Crippen LogP contribution < -0.4 is 21.1 Å². The highest BCUT2D eigenvalue weighted by atomic mass is 35.5. The Bertz CT molecular complexity index is 1170. The summed E-state index contributed by atoms with van der Waals surface area (Å²) in [6.45, 7) is 0.0501. The van der Waals surface area contributed by atoms with Crippen molar-refractivity contribution in [1.29, 1.82) is 0 Å². The van der Waals surface area contributed by atoms with Gasteiger partial charge in [0.2, 0.25) is 11.8 Å². The number of methoxy groups -OCH3 is 1. The second-order valence-corrected chi connectivity index (χ2v) is 8.49. The Labute approximate surface area is 214 Å². The third-order valence-corrected chi connectivity index (χ3v) is 5.72. The van der Waals surface area contributed by atoms with Gasteiger partial charge >= 0.3 is 6.09 Å². The molecule has 0 bridgehead atoms. The Morgan fingerprint density at radius 2 is 1.44 bits per heavy atom. The van der Waals surface area contributed by atoms with Gasteiger partial charge in [0.25, 0.3) is 0 Å². The molecule has 0 radical (unpaired) electrons. The topological polar surface area (TPSA) is 120 Å². The lowest BCUT2D eigenvalue weighted by Crippen LogP contribution is -2.54. The van der Waals surface area contributed by atoms with E-state index in [2.05, 4.69) is 10.6 Å². The molecule has 0 aromatic heterocycles. The van der Waals surface area contributed by atoms with Gasteiger partial charge in [-0.15, -0.1) is 0 Å². The molecule has 3 aromatic rings. The zero-order chi connectivity index (χ0) is 25.9. The van der Waals surface area contributed by atoms with Crippen LogP contribution in [0.5, 0.6) is 5.75 Å². The molecule has 3 rings (SSSR count). The molecule has 0 aliphatic rings. The molecule has 3 amide bonds. The Morgan fingerprint density at radius 3 is 2.03 bits per heavy atom. The van der Waals surface area contributed by atoms with Gasteiger partial charge < -0.3 is 25.8 Å². The van der Waals surface area contributed by atoms with Crippen molar-refractivity contribution in [3.63, 3.8) is 0 Å². The van der Waals surface area contributed by atoms with E-state index in [1.807, 2.05) is 60.7 Å². The molecular formula is C27H28ClN3O5. The van der Waals surface area contributed by atoms with Gasteiger partial charge in [-0.25, -0.2) is 4.79 Å². The summed E-state index contributed by atoms with van der Waals surface area (Å²) >= 11 is 6.18. The fraction of sp³-hybridized carbons (Fsp3) is 0.222. The largest absolute Gasteiger partial charge is 0.495 e. The quantitative estimate of drug-likeness (QED) is 0.366. The zero-order valence-corrected chi connectivity index (χ0v) is 20.5. The number of primary amides is 1. The average molecular weight is 510 g/mol. The van der Waals surface area contributed by atoms with Gasteiger partial charge in [-0.3, -0.25) is 9.59 Å².